The van der Waals surface area contributed by atoms with Gasteiger partial charge in [-0.25, -0.2) is 0 Å². The van der Waals surface area contributed by atoms with Crippen LogP contribution < -0.4 is 5.32 Å². The quantitative estimate of drug-likeness (QED) is 0.847. The van der Waals surface area contributed by atoms with Gasteiger partial charge in [0.1, 0.15) is 0 Å². The standard InChI is InChI=1S/C12H17Br2NO/c1-12(2,16-3)6-7-15-11-5-4-9(13)8-10(11)14/h4-5,8,15H,6-7H2,1-3H3. The van der Waals surface area contributed by atoms with Crippen molar-refractivity contribution in [2.45, 2.75) is 25.9 Å². The van der Waals surface area contributed by atoms with Gasteiger partial charge in [0.05, 0.1) is 5.60 Å². The first kappa shape index (κ1) is 14.0. The highest BCUT2D eigenvalue weighted by Crippen LogP contribution is 2.26. The second-order valence-electron chi connectivity index (χ2n) is 4.26. The Bertz CT molecular complexity index is 353. The van der Waals surface area contributed by atoms with E-state index in [4.69, 9.17) is 4.74 Å². The third-order valence-electron chi connectivity index (χ3n) is 2.53. The molecular formula is C12H17Br2NO. The molecule has 2 nitrogen and oxygen atoms in total. The summed E-state index contributed by atoms with van der Waals surface area (Å²) in [4.78, 5) is 0. The SMILES string of the molecule is COC(C)(C)CCNc1ccc(Br)cc1Br. The fraction of sp³-hybridized carbons (Fsp3) is 0.500. The number of anilines is 1. The summed E-state index contributed by atoms with van der Waals surface area (Å²) >= 11 is 6.95. The average molecular weight is 351 g/mol. The fourth-order valence-corrected chi connectivity index (χ4v) is 2.42. The highest BCUT2D eigenvalue weighted by atomic mass is 79.9. The lowest BCUT2D eigenvalue weighted by molar-refractivity contribution is 0.0185. The molecule has 0 bridgehead atoms. The van der Waals surface area contributed by atoms with Crippen molar-refractivity contribution in [2.24, 2.45) is 0 Å². The van der Waals surface area contributed by atoms with Gasteiger partial charge in [-0.3, -0.25) is 0 Å². The van der Waals surface area contributed by atoms with Crippen molar-refractivity contribution in [1.82, 2.24) is 0 Å². The summed E-state index contributed by atoms with van der Waals surface area (Å²) in [5.74, 6) is 0. The van der Waals surface area contributed by atoms with Gasteiger partial charge >= 0.3 is 0 Å². The number of rotatable bonds is 5. The lowest BCUT2D eigenvalue weighted by Crippen LogP contribution is -2.25. The molecule has 1 rings (SSSR count). The number of hydrogen-bond donors (Lipinski definition) is 1. The molecule has 0 amide bonds. The van der Waals surface area contributed by atoms with Gasteiger partial charge < -0.3 is 10.1 Å². The number of methoxy groups -OCH3 is 1. The maximum atomic E-state index is 5.37. The molecule has 4 heteroatoms. The Balaban J connectivity index is 2.49. The normalized spacial score (nSPS) is 11.6. The maximum absolute atomic E-state index is 5.37. The maximum Gasteiger partial charge on any atom is 0.0639 e. The molecule has 1 aromatic carbocycles. The zero-order valence-corrected chi connectivity index (χ0v) is 13.0. The van der Waals surface area contributed by atoms with Crippen LogP contribution in [0.5, 0.6) is 0 Å². The second kappa shape index (κ2) is 6.03. The Morgan fingerprint density at radius 3 is 2.56 bits per heavy atom. The van der Waals surface area contributed by atoms with Crippen LogP contribution in [-0.4, -0.2) is 19.3 Å². The molecule has 0 heterocycles. The Morgan fingerprint density at radius 2 is 2.00 bits per heavy atom. The third kappa shape index (κ3) is 4.44. The van der Waals surface area contributed by atoms with Crippen LogP contribution in [0.1, 0.15) is 20.3 Å². The molecule has 1 aromatic rings. The van der Waals surface area contributed by atoms with Gasteiger partial charge in [0, 0.05) is 28.3 Å². The molecule has 1 N–H and O–H groups in total. The predicted octanol–water partition coefficient (Wildman–Crippen LogP) is 4.44. The molecule has 0 aliphatic carbocycles. The fourth-order valence-electron chi connectivity index (χ4n) is 1.23. The van der Waals surface area contributed by atoms with Crippen molar-refractivity contribution in [3.8, 4) is 0 Å². The Morgan fingerprint density at radius 1 is 1.31 bits per heavy atom. The van der Waals surface area contributed by atoms with E-state index in [9.17, 15) is 0 Å². The van der Waals surface area contributed by atoms with E-state index in [2.05, 4.69) is 51.0 Å². The molecule has 0 saturated carbocycles. The lowest BCUT2D eigenvalue weighted by atomic mass is 10.1. The van der Waals surface area contributed by atoms with Crippen molar-refractivity contribution in [2.75, 3.05) is 19.0 Å². The predicted molar refractivity (Wildman–Crippen MR) is 76.0 cm³/mol. The van der Waals surface area contributed by atoms with Crippen molar-refractivity contribution < 1.29 is 4.74 Å². The zero-order chi connectivity index (χ0) is 12.2. The molecule has 90 valence electrons. The van der Waals surface area contributed by atoms with E-state index < -0.39 is 0 Å². The smallest absolute Gasteiger partial charge is 0.0639 e. The minimum absolute atomic E-state index is 0.0746. The summed E-state index contributed by atoms with van der Waals surface area (Å²) in [5.41, 5.74) is 1.03. The van der Waals surface area contributed by atoms with Crippen LogP contribution in [0.25, 0.3) is 0 Å². The largest absolute Gasteiger partial charge is 0.384 e. The van der Waals surface area contributed by atoms with Crippen molar-refractivity contribution >= 4 is 37.5 Å². The van der Waals surface area contributed by atoms with E-state index in [1.165, 1.54) is 0 Å². The molecule has 0 radical (unpaired) electrons. The zero-order valence-electron chi connectivity index (χ0n) is 9.81. The van der Waals surface area contributed by atoms with Gasteiger partial charge in [0.15, 0.2) is 0 Å². The molecule has 0 saturated heterocycles. The van der Waals surface area contributed by atoms with Crippen molar-refractivity contribution in [3.63, 3.8) is 0 Å². The lowest BCUT2D eigenvalue weighted by Gasteiger charge is -2.23. The monoisotopic (exact) mass is 349 g/mol. The van der Waals surface area contributed by atoms with Crippen LogP contribution in [0.4, 0.5) is 5.69 Å². The Labute approximate surface area is 114 Å². The first-order valence-corrected chi connectivity index (χ1v) is 6.77. The van der Waals surface area contributed by atoms with Crippen LogP contribution in [0.2, 0.25) is 0 Å². The summed E-state index contributed by atoms with van der Waals surface area (Å²) in [6.45, 7) is 5.07. The summed E-state index contributed by atoms with van der Waals surface area (Å²) in [5, 5.41) is 3.38. The van der Waals surface area contributed by atoms with E-state index in [-0.39, 0.29) is 5.60 Å². The topological polar surface area (TPSA) is 21.3 Å². The van der Waals surface area contributed by atoms with Crippen LogP contribution >= 0.6 is 31.9 Å². The van der Waals surface area contributed by atoms with Crippen molar-refractivity contribution in [3.05, 3.63) is 27.1 Å². The molecule has 0 atom stereocenters. The summed E-state index contributed by atoms with van der Waals surface area (Å²) in [7, 11) is 1.75. The Kier molecular flexibility index (Phi) is 5.28. The summed E-state index contributed by atoms with van der Waals surface area (Å²) in [6.07, 6.45) is 0.964. The molecule has 0 fully saturated rings. The van der Waals surface area contributed by atoms with E-state index in [0.29, 0.717) is 0 Å². The van der Waals surface area contributed by atoms with Gasteiger partial charge in [-0.15, -0.1) is 0 Å². The highest BCUT2D eigenvalue weighted by Gasteiger charge is 2.15. The second-order valence-corrected chi connectivity index (χ2v) is 6.03. The molecule has 0 aliphatic rings. The van der Waals surface area contributed by atoms with Crippen LogP contribution in [0.15, 0.2) is 27.1 Å². The first-order valence-electron chi connectivity index (χ1n) is 5.19. The minimum Gasteiger partial charge on any atom is -0.384 e. The van der Waals surface area contributed by atoms with Gasteiger partial charge in [0.2, 0.25) is 0 Å². The van der Waals surface area contributed by atoms with Crippen molar-refractivity contribution in [1.29, 1.82) is 0 Å². The average Bonchev–Trinajstić information content (AvgIpc) is 2.21. The first-order chi connectivity index (χ1) is 7.44. The van der Waals surface area contributed by atoms with E-state index in [1.54, 1.807) is 7.11 Å². The molecule has 0 unspecified atom stereocenters. The Hall–Kier alpha value is -0.0600. The van der Waals surface area contributed by atoms with E-state index in [1.807, 2.05) is 18.2 Å². The highest BCUT2D eigenvalue weighted by molar-refractivity contribution is 9.11. The van der Waals surface area contributed by atoms with E-state index >= 15 is 0 Å². The summed E-state index contributed by atoms with van der Waals surface area (Å²) in [6, 6.07) is 6.10. The minimum atomic E-state index is -0.0746. The number of hydrogen-bond acceptors (Lipinski definition) is 2. The molecule has 0 aliphatic heterocycles. The number of ether oxygens (including phenoxy) is 1. The molecule has 16 heavy (non-hydrogen) atoms. The van der Waals surface area contributed by atoms with Crippen LogP contribution in [-0.2, 0) is 4.74 Å². The van der Waals surface area contributed by atoms with Gasteiger partial charge in [-0.1, -0.05) is 15.9 Å². The van der Waals surface area contributed by atoms with Gasteiger partial charge in [-0.05, 0) is 54.4 Å². The third-order valence-corrected chi connectivity index (χ3v) is 3.68. The van der Waals surface area contributed by atoms with Gasteiger partial charge in [-0.2, -0.15) is 0 Å². The molecule has 0 aromatic heterocycles. The molecular weight excluding hydrogens is 334 g/mol. The molecule has 0 spiro atoms. The number of halogens is 2. The van der Waals surface area contributed by atoms with Gasteiger partial charge in [0.25, 0.3) is 0 Å². The number of nitrogens with one attached hydrogen (secondary N) is 1. The summed E-state index contributed by atoms with van der Waals surface area (Å²) < 4.78 is 7.50. The van der Waals surface area contributed by atoms with Crippen LogP contribution in [0.3, 0.4) is 0 Å². The number of benzene rings is 1. The van der Waals surface area contributed by atoms with Crippen LogP contribution in [0, 0.1) is 0 Å². The van der Waals surface area contributed by atoms with E-state index in [0.717, 1.165) is 27.6 Å².